The zero-order valence-corrected chi connectivity index (χ0v) is 15.1. The largest absolute Gasteiger partial charge is 0.416 e. The molecule has 1 amide bonds. The van der Waals surface area contributed by atoms with Crippen LogP contribution in [0.1, 0.15) is 21.5 Å². The number of rotatable bonds is 4. The van der Waals surface area contributed by atoms with Crippen molar-refractivity contribution >= 4 is 27.3 Å². The molecule has 0 aliphatic heterocycles. The fourth-order valence-electron chi connectivity index (χ4n) is 2.27. The normalized spacial score (nSPS) is 11.9. The molecule has 0 unspecified atom stereocenters. The summed E-state index contributed by atoms with van der Waals surface area (Å²) in [4.78, 5) is 12.3. The third-order valence-electron chi connectivity index (χ3n) is 3.77. The molecule has 2 aromatic rings. The summed E-state index contributed by atoms with van der Waals surface area (Å²) in [5.41, 5.74) is 0.669. The van der Waals surface area contributed by atoms with Crippen LogP contribution in [0.4, 0.5) is 24.5 Å². The van der Waals surface area contributed by atoms with Gasteiger partial charge in [-0.1, -0.05) is 0 Å². The van der Waals surface area contributed by atoms with Crippen LogP contribution in [-0.4, -0.2) is 27.6 Å². The number of aryl methyl sites for hydroxylation is 1. The first-order chi connectivity index (χ1) is 11.9. The van der Waals surface area contributed by atoms with E-state index in [4.69, 9.17) is 0 Å². The van der Waals surface area contributed by atoms with E-state index in [1.54, 1.807) is 6.92 Å². The molecule has 0 saturated heterocycles. The summed E-state index contributed by atoms with van der Waals surface area (Å²) in [5.74, 6) is -0.513. The average Bonchev–Trinajstić information content (AvgIpc) is 2.53. The number of alkyl halides is 3. The Hall–Kier alpha value is -2.55. The number of nitrogens with zero attached hydrogens (tertiary/aromatic N) is 1. The molecule has 0 bridgehead atoms. The lowest BCUT2D eigenvalue weighted by atomic mass is 10.1. The first-order valence-electron chi connectivity index (χ1n) is 7.43. The van der Waals surface area contributed by atoms with Gasteiger partial charge in [0.25, 0.3) is 5.91 Å². The molecule has 0 aliphatic rings. The Morgan fingerprint density at radius 2 is 1.65 bits per heavy atom. The summed E-state index contributed by atoms with van der Waals surface area (Å²) in [6, 6.07) is 8.55. The van der Waals surface area contributed by atoms with Crippen molar-refractivity contribution in [3.05, 3.63) is 59.2 Å². The smallest absolute Gasteiger partial charge is 0.322 e. The number of halogens is 3. The molecule has 0 saturated carbocycles. The van der Waals surface area contributed by atoms with Crippen LogP contribution >= 0.6 is 0 Å². The summed E-state index contributed by atoms with van der Waals surface area (Å²) in [5, 5.41) is 2.50. The molecule has 0 heterocycles. The van der Waals surface area contributed by atoms with Crippen molar-refractivity contribution in [2.75, 3.05) is 22.9 Å². The first-order valence-corrected chi connectivity index (χ1v) is 9.27. The van der Waals surface area contributed by atoms with Crippen molar-refractivity contribution in [2.45, 2.75) is 13.1 Å². The molecular weight excluding hydrogens is 369 g/mol. The van der Waals surface area contributed by atoms with E-state index in [2.05, 4.69) is 5.32 Å². The van der Waals surface area contributed by atoms with Gasteiger partial charge >= 0.3 is 6.18 Å². The third kappa shape index (κ3) is 4.54. The summed E-state index contributed by atoms with van der Waals surface area (Å²) >= 11 is 0. The van der Waals surface area contributed by atoms with Gasteiger partial charge in [0, 0.05) is 18.3 Å². The molecule has 1 N–H and O–H groups in total. The third-order valence-corrected chi connectivity index (χ3v) is 4.96. The van der Waals surface area contributed by atoms with Crippen molar-refractivity contribution < 1.29 is 26.4 Å². The van der Waals surface area contributed by atoms with Gasteiger partial charge in [-0.25, -0.2) is 8.42 Å². The minimum atomic E-state index is -4.44. The van der Waals surface area contributed by atoms with Crippen molar-refractivity contribution in [2.24, 2.45) is 0 Å². The molecule has 9 heteroatoms. The van der Waals surface area contributed by atoms with Crippen LogP contribution in [0, 0.1) is 6.92 Å². The van der Waals surface area contributed by atoms with Crippen LogP contribution in [0.15, 0.2) is 42.5 Å². The second-order valence-electron chi connectivity index (χ2n) is 5.76. The Balaban J connectivity index is 2.19. The molecular formula is C17H17F3N2O3S. The Labute approximate surface area is 149 Å². The van der Waals surface area contributed by atoms with Crippen LogP contribution < -0.4 is 9.62 Å². The maximum atomic E-state index is 12.5. The average molecular weight is 386 g/mol. The second kappa shape index (κ2) is 6.99. The van der Waals surface area contributed by atoms with Crippen LogP contribution in [0.2, 0.25) is 0 Å². The zero-order chi connectivity index (χ0) is 19.7. The molecule has 2 rings (SSSR count). The second-order valence-corrected chi connectivity index (χ2v) is 7.77. The van der Waals surface area contributed by atoms with Gasteiger partial charge < -0.3 is 5.32 Å². The van der Waals surface area contributed by atoms with Gasteiger partial charge in [-0.15, -0.1) is 0 Å². The Bertz CT molecular complexity index is 923. The number of carbonyl (C=O) groups is 1. The van der Waals surface area contributed by atoms with Crippen molar-refractivity contribution in [3.8, 4) is 0 Å². The van der Waals surface area contributed by atoms with E-state index < -0.39 is 27.7 Å². The quantitative estimate of drug-likeness (QED) is 0.872. The van der Waals surface area contributed by atoms with Gasteiger partial charge in [-0.3, -0.25) is 9.10 Å². The number of hydrogen-bond donors (Lipinski definition) is 1. The molecule has 0 atom stereocenters. The number of nitrogens with one attached hydrogen (secondary N) is 1. The predicted octanol–water partition coefficient (Wildman–Crippen LogP) is 3.66. The minimum absolute atomic E-state index is 0.220. The van der Waals surface area contributed by atoms with Crippen molar-refractivity contribution in [3.63, 3.8) is 0 Å². The van der Waals surface area contributed by atoms with E-state index in [0.29, 0.717) is 11.3 Å². The van der Waals surface area contributed by atoms with Gasteiger partial charge in [-0.2, -0.15) is 13.2 Å². The van der Waals surface area contributed by atoms with E-state index in [1.165, 1.54) is 37.4 Å². The Morgan fingerprint density at radius 1 is 1.08 bits per heavy atom. The Kier molecular flexibility index (Phi) is 5.31. The van der Waals surface area contributed by atoms with E-state index >= 15 is 0 Å². The lowest BCUT2D eigenvalue weighted by Crippen LogP contribution is -2.25. The fraction of sp³-hybridized carbons (Fsp3) is 0.235. The van der Waals surface area contributed by atoms with Crippen LogP contribution in [0.25, 0.3) is 0 Å². The lowest BCUT2D eigenvalue weighted by Gasteiger charge is -2.19. The van der Waals surface area contributed by atoms with Gasteiger partial charge in [-0.05, 0) is 55.0 Å². The Morgan fingerprint density at radius 3 is 2.12 bits per heavy atom. The van der Waals surface area contributed by atoms with E-state index in [-0.39, 0.29) is 11.3 Å². The standard InChI is InChI=1S/C17H17F3N2O3S/c1-11-10-12(4-9-15(11)22(2)26(3,24)25)16(23)21-14-7-5-13(6-8-14)17(18,19)20/h4-10H,1-3H3,(H,21,23). The summed E-state index contributed by atoms with van der Waals surface area (Å²) in [6.07, 6.45) is -3.38. The molecule has 2 aromatic carbocycles. The highest BCUT2D eigenvalue weighted by Gasteiger charge is 2.30. The van der Waals surface area contributed by atoms with Crippen LogP contribution in [0.5, 0.6) is 0 Å². The summed E-state index contributed by atoms with van der Waals surface area (Å²) < 4.78 is 61.9. The van der Waals surface area contributed by atoms with Crippen molar-refractivity contribution in [1.29, 1.82) is 0 Å². The number of amides is 1. The maximum Gasteiger partial charge on any atom is 0.416 e. The molecule has 0 radical (unpaired) electrons. The van der Waals surface area contributed by atoms with E-state index in [1.807, 2.05) is 0 Å². The highest BCUT2D eigenvalue weighted by atomic mass is 32.2. The van der Waals surface area contributed by atoms with Crippen LogP contribution in [0.3, 0.4) is 0 Å². The zero-order valence-electron chi connectivity index (χ0n) is 14.3. The van der Waals surface area contributed by atoms with Crippen LogP contribution in [-0.2, 0) is 16.2 Å². The lowest BCUT2D eigenvalue weighted by molar-refractivity contribution is -0.137. The summed E-state index contributed by atoms with van der Waals surface area (Å²) in [6.45, 7) is 1.66. The molecule has 140 valence electrons. The molecule has 0 fully saturated rings. The number of carbonyl (C=O) groups excluding carboxylic acids is 1. The highest BCUT2D eigenvalue weighted by molar-refractivity contribution is 7.92. The molecule has 0 aliphatic carbocycles. The predicted molar refractivity (Wildman–Crippen MR) is 93.8 cm³/mol. The SMILES string of the molecule is Cc1cc(C(=O)Nc2ccc(C(F)(F)F)cc2)ccc1N(C)S(C)(=O)=O. The minimum Gasteiger partial charge on any atom is -0.322 e. The molecule has 5 nitrogen and oxygen atoms in total. The van der Waals surface area contributed by atoms with Gasteiger partial charge in [0.15, 0.2) is 0 Å². The van der Waals surface area contributed by atoms with Gasteiger partial charge in [0.05, 0.1) is 17.5 Å². The fourth-order valence-corrected chi connectivity index (χ4v) is 2.84. The molecule has 0 aromatic heterocycles. The molecule has 0 spiro atoms. The highest BCUT2D eigenvalue weighted by Crippen LogP contribution is 2.30. The number of anilines is 2. The summed E-state index contributed by atoms with van der Waals surface area (Å²) in [7, 11) is -2.03. The maximum absolute atomic E-state index is 12.5. The number of hydrogen-bond acceptors (Lipinski definition) is 3. The number of benzene rings is 2. The first kappa shape index (κ1) is 19.8. The van der Waals surface area contributed by atoms with Gasteiger partial charge in [0.2, 0.25) is 10.0 Å². The van der Waals surface area contributed by atoms with E-state index in [0.717, 1.165) is 22.7 Å². The van der Waals surface area contributed by atoms with E-state index in [9.17, 15) is 26.4 Å². The monoisotopic (exact) mass is 386 g/mol. The van der Waals surface area contributed by atoms with Gasteiger partial charge in [0.1, 0.15) is 0 Å². The van der Waals surface area contributed by atoms with Crippen molar-refractivity contribution in [1.82, 2.24) is 0 Å². The topological polar surface area (TPSA) is 66.5 Å². The number of sulfonamides is 1. The molecule has 26 heavy (non-hydrogen) atoms.